The van der Waals surface area contributed by atoms with Gasteiger partial charge in [0.2, 0.25) is 0 Å². The third-order valence-corrected chi connectivity index (χ3v) is 4.36. The number of piperazine rings is 1. The maximum atomic E-state index is 6.23. The van der Waals surface area contributed by atoms with Gasteiger partial charge in [0, 0.05) is 36.9 Å². The predicted octanol–water partition coefficient (Wildman–Crippen LogP) is 4.10. The van der Waals surface area contributed by atoms with E-state index in [9.17, 15) is 0 Å². The fourth-order valence-electron chi connectivity index (χ4n) is 2.84. The van der Waals surface area contributed by atoms with Crippen LogP contribution in [-0.4, -0.2) is 38.1 Å². The molecule has 22 heavy (non-hydrogen) atoms. The number of benzene rings is 2. The van der Waals surface area contributed by atoms with Crippen molar-refractivity contribution in [3.63, 3.8) is 0 Å². The summed E-state index contributed by atoms with van der Waals surface area (Å²) in [5.74, 6) is 0. The lowest BCUT2D eigenvalue weighted by molar-refractivity contribution is 0.312. The summed E-state index contributed by atoms with van der Waals surface area (Å²) in [7, 11) is 2.18. The van der Waals surface area contributed by atoms with Gasteiger partial charge in [-0.2, -0.15) is 0 Å². The Bertz CT molecular complexity index is 593. The second kappa shape index (κ2) is 7.87. The van der Waals surface area contributed by atoms with Crippen molar-refractivity contribution in [3.8, 4) is 0 Å². The Hall–Kier alpha value is -1.22. The summed E-state index contributed by atoms with van der Waals surface area (Å²) in [6.07, 6.45) is 0.958. The number of nitrogens with zero attached hydrogens (tertiary/aromatic N) is 2. The minimum absolute atomic E-state index is 0. The SMILES string of the molecule is CN1CCN(c2cc(Cl)ccc2Cc2ccccc2)CC1.Cl. The summed E-state index contributed by atoms with van der Waals surface area (Å²) in [6, 6.07) is 16.9. The van der Waals surface area contributed by atoms with Crippen LogP contribution >= 0.6 is 24.0 Å². The Morgan fingerprint density at radius 3 is 2.32 bits per heavy atom. The lowest BCUT2D eigenvalue weighted by Crippen LogP contribution is -2.44. The summed E-state index contributed by atoms with van der Waals surface area (Å²) in [4.78, 5) is 4.84. The zero-order chi connectivity index (χ0) is 14.7. The van der Waals surface area contributed by atoms with Crippen molar-refractivity contribution in [2.45, 2.75) is 6.42 Å². The van der Waals surface area contributed by atoms with E-state index in [1.165, 1.54) is 16.8 Å². The summed E-state index contributed by atoms with van der Waals surface area (Å²) >= 11 is 6.23. The van der Waals surface area contributed by atoms with Gasteiger partial charge in [0.1, 0.15) is 0 Å². The molecule has 0 spiro atoms. The smallest absolute Gasteiger partial charge is 0.0426 e. The molecular weight excluding hydrogens is 315 g/mol. The molecule has 0 N–H and O–H groups in total. The second-order valence-electron chi connectivity index (χ2n) is 5.73. The quantitative estimate of drug-likeness (QED) is 0.832. The Kier molecular flexibility index (Phi) is 6.13. The Balaban J connectivity index is 0.00000176. The maximum absolute atomic E-state index is 6.23. The molecule has 0 saturated carbocycles. The first-order valence-corrected chi connectivity index (χ1v) is 7.86. The Labute approximate surface area is 144 Å². The maximum Gasteiger partial charge on any atom is 0.0426 e. The molecule has 3 rings (SSSR count). The molecule has 2 aromatic carbocycles. The average Bonchev–Trinajstić information content (AvgIpc) is 2.51. The van der Waals surface area contributed by atoms with Crippen molar-refractivity contribution in [3.05, 3.63) is 64.7 Å². The summed E-state index contributed by atoms with van der Waals surface area (Å²) in [5.41, 5.74) is 3.99. The number of hydrogen-bond donors (Lipinski definition) is 0. The van der Waals surface area contributed by atoms with Gasteiger partial charge >= 0.3 is 0 Å². The third-order valence-electron chi connectivity index (χ3n) is 4.13. The molecule has 1 heterocycles. The van der Waals surface area contributed by atoms with Crippen LogP contribution in [0.3, 0.4) is 0 Å². The fourth-order valence-corrected chi connectivity index (χ4v) is 3.01. The van der Waals surface area contributed by atoms with Crippen LogP contribution in [0.1, 0.15) is 11.1 Å². The molecule has 0 atom stereocenters. The van der Waals surface area contributed by atoms with Gasteiger partial charge < -0.3 is 9.80 Å². The zero-order valence-electron chi connectivity index (χ0n) is 12.8. The fraction of sp³-hybridized carbons (Fsp3) is 0.333. The van der Waals surface area contributed by atoms with Crippen LogP contribution in [0.25, 0.3) is 0 Å². The summed E-state index contributed by atoms with van der Waals surface area (Å²) in [5, 5.41) is 0.820. The standard InChI is InChI=1S/C18H21ClN2.ClH/c1-20-9-11-21(12-10-20)18-14-17(19)8-7-16(18)13-15-5-3-2-4-6-15;/h2-8,14H,9-13H2,1H3;1H. The highest BCUT2D eigenvalue weighted by atomic mass is 35.5. The molecule has 0 radical (unpaired) electrons. The van der Waals surface area contributed by atoms with Crippen molar-refractivity contribution in [2.24, 2.45) is 0 Å². The van der Waals surface area contributed by atoms with Gasteiger partial charge in [0.05, 0.1) is 0 Å². The van der Waals surface area contributed by atoms with Gasteiger partial charge in [-0.05, 0) is 36.7 Å². The third kappa shape index (κ3) is 4.16. The van der Waals surface area contributed by atoms with Crippen molar-refractivity contribution in [1.82, 2.24) is 4.90 Å². The molecule has 0 bridgehead atoms. The minimum Gasteiger partial charge on any atom is -0.369 e. The van der Waals surface area contributed by atoms with Gasteiger partial charge in [-0.25, -0.2) is 0 Å². The minimum atomic E-state index is 0. The lowest BCUT2D eigenvalue weighted by Gasteiger charge is -2.35. The van der Waals surface area contributed by atoms with E-state index in [1.54, 1.807) is 0 Å². The van der Waals surface area contributed by atoms with Crippen LogP contribution in [-0.2, 0) is 6.42 Å². The van der Waals surface area contributed by atoms with Gasteiger partial charge in [0.25, 0.3) is 0 Å². The van der Waals surface area contributed by atoms with Crippen LogP contribution in [0.4, 0.5) is 5.69 Å². The van der Waals surface area contributed by atoms with Crippen molar-refractivity contribution >= 4 is 29.7 Å². The van der Waals surface area contributed by atoms with Gasteiger partial charge in [-0.1, -0.05) is 48.0 Å². The first-order chi connectivity index (χ1) is 10.2. The Morgan fingerprint density at radius 1 is 0.955 bits per heavy atom. The number of rotatable bonds is 3. The number of halogens is 2. The van der Waals surface area contributed by atoms with Crippen LogP contribution < -0.4 is 4.90 Å². The molecule has 0 amide bonds. The monoisotopic (exact) mass is 336 g/mol. The molecule has 0 aliphatic carbocycles. The molecule has 2 nitrogen and oxygen atoms in total. The molecule has 1 aliphatic heterocycles. The number of likely N-dealkylation sites (N-methyl/N-ethyl adjacent to an activating group) is 1. The first kappa shape index (κ1) is 17.1. The zero-order valence-corrected chi connectivity index (χ0v) is 14.4. The van der Waals surface area contributed by atoms with Crippen LogP contribution in [0.5, 0.6) is 0 Å². The first-order valence-electron chi connectivity index (χ1n) is 7.48. The van der Waals surface area contributed by atoms with Crippen molar-refractivity contribution in [2.75, 3.05) is 38.1 Å². The van der Waals surface area contributed by atoms with E-state index < -0.39 is 0 Å². The molecule has 1 saturated heterocycles. The van der Waals surface area contributed by atoms with Crippen molar-refractivity contribution in [1.29, 1.82) is 0 Å². The molecule has 0 unspecified atom stereocenters. The van der Waals surface area contributed by atoms with E-state index in [-0.39, 0.29) is 12.4 Å². The highest BCUT2D eigenvalue weighted by Crippen LogP contribution is 2.28. The van der Waals surface area contributed by atoms with E-state index in [0.717, 1.165) is 37.6 Å². The second-order valence-corrected chi connectivity index (χ2v) is 6.16. The van der Waals surface area contributed by atoms with E-state index in [4.69, 9.17) is 11.6 Å². The van der Waals surface area contributed by atoms with E-state index >= 15 is 0 Å². The van der Waals surface area contributed by atoms with Crippen LogP contribution in [0, 0.1) is 0 Å². The molecule has 118 valence electrons. The molecular formula is C18H22Cl2N2. The van der Waals surface area contributed by atoms with E-state index in [0.29, 0.717) is 0 Å². The summed E-state index contributed by atoms with van der Waals surface area (Å²) < 4.78 is 0. The van der Waals surface area contributed by atoms with Gasteiger partial charge in [-0.3, -0.25) is 0 Å². The average molecular weight is 337 g/mol. The molecule has 1 aliphatic rings. The molecule has 0 aromatic heterocycles. The summed E-state index contributed by atoms with van der Waals surface area (Å²) in [6.45, 7) is 4.35. The van der Waals surface area contributed by atoms with Crippen molar-refractivity contribution < 1.29 is 0 Å². The van der Waals surface area contributed by atoms with E-state index in [1.807, 2.05) is 6.07 Å². The van der Waals surface area contributed by atoms with Crippen LogP contribution in [0.15, 0.2) is 48.5 Å². The predicted molar refractivity (Wildman–Crippen MR) is 97.7 cm³/mol. The molecule has 1 fully saturated rings. The largest absolute Gasteiger partial charge is 0.369 e. The Morgan fingerprint density at radius 2 is 1.64 bits per heavy atom. The molecule has 2 aromatic rings. The normalized spacial score (nSPS) is 15.5. The number of anilines is 1. The van der Waals surface area contributed by atoms with E-state index in [2.05, 4.69) is 59.3 Å². The topological polar surface area (TPSA) is 6.48 Å². The molecule has 4 heteroatoms. The lowest BCUT2D eigenvalue weighted by atomic mass is 10.0. The van der Waals surface area contributed by atoms with Gasteiger partial charge in [0.15, 0.2) is 0 Å². The van der Waals surface area contributed by atoms with Gasteiger partial charge in [-0.15, -0.1) is 12.4 Å². The highest BCUT2D eigenvalue weighted by molar-refractivity contribution is 6.30. The number of hydrogen-bond acceptors (Lipinski definition) is 2. The van der Waals surface area contributed by atoms with Crippen LogP contribution in [0.2, 0.25) is 5.02 Å². The highest BCUT2D eigenvalue weighted by Gasteiger charge is 2.17.